The molecule has 0 aliphatic heterocycles. The molecule has 5 N–H and O–H groups in total. The first kappa shape index (κ1) is 17.9. The molecule has 0 atom stereocenters. The monoisotopic (exact) mass is 332 g/mol. The van der Waals surface area contributed by atoms with Crippen molar-refractivity contribution in [3.8, 4) is 0 Å². The minimum absolute atomic E-state index is 0.0207. The Morgan fingerprint density at radius 1 is 0.875 bits per heavy atom. The predicted molar refractivity (Wildman–Crippen MR) is 94.7 cm³/mol. The summed E-state index contributed by atoms with van der Waals surface area (Å²) >= 11 is 0. The molecule has 8 nitrogen and oxygen atoms in total. The highest BCUT2D eigenvalue weighted by molar-refractivity contribution is 5.60. The highest BCUT2D eigenvalue weighted by Crippen LogP contribution is 2.21. The van der Waals surface area contributed by atoms with Crippen LogP contribution < -0.4 is 16.0 Å². The number of aliphatic hydroxyl groups is 2. The standard InChI is InChI=1S/C16H24N6O2/c1-2-5-12-6-3-4-7-13(12)19-16-21-14(17-8-10-23)20-15(22-16)18-9-11-24/h3-4,6-7,23-24H,2,5,8-11H2,1H3,(H3,17,18,19,20,21,22). The molecule has 24 heavy (non-hydrogen) atoms. The molecule has 0 unspecified atom stereocenters. The number of aromatic nitrogens is 3. The zero-order valence-corrected chi connectivity index (χ0v) is 13.8. The maximum Gasteiger partial charge on any atom is 0.233 e. The molecule has 0 amide bonds. The van der Waals surface area contributed by atoms with E-state index in [1.807, 2.05) is 18.2 Å². The Kier molecular flexibility index (Phi) is 7.19. The Balaban J connectivity index is 2.24. The van der Waals surface area contributed by atoms with E-state index in [1.54, 1.807) is 0 Å². The molecule has 0 bridgehead atoms. The minimum atomic E-state index is -0.0207. The third-order valence-electron chi connectivity index (χ3n) is 3.21. The summed E-state index contributed by atoms with van der Waals surface area (Å²) in [4.78, 5) is 12.8. The van der Waals surface area contributed by atoms with Gasteiger partial charge in [0.15, 0.2) is 0 Å². The maximum atomic E-state index is 8.94. The second-order valence-corrected chi connectivity index (χ2v) is 5.14. The number of aliphatic hydroxyl groups excluding tert-OH is 2. The van der Waals surface area contributed by atoms with Crippen molar-refractivity contribution < 1.29 is 10.2 Å². The predicted octanol–water partition coefficient (Wildman–Crippen LogP) is 1.38. The van der Waals surface area contributed by atoms with Crippen LogP contribution >= 0.6 is 0 Å². The molecule has 0 fully saturated rings. The van der Waals surface area contributed by atoms with Crippen molar-refractivity contribution in [2.75, 3.05) is 42.3 Å². The fourth-order valence-corrected chi connectivity index (χ4v) is 2.18. The lowest BCUT2D eigenvalue weighted by atomic mass is 10.1. The summed E-state index contributed by atoms with van der Waals surface area (Å²) in [5.74, 6) is 1.11. The fourth-order valence-electron chi connectivity index (χ4n) is 2.18. The summed E-state index contributed by atoms with van der Waals surface area (Å²) in [6.07, 6.45) is 2.00. The van der Waals surface area contributed by atoms with E-state index in [-0.39, 0.29) is 13.2 Å². The van der Waals surface area contributed by atoms with Crippen LogP contribution in [-0.4, -0.2) is 51.5 Å². The molecule has 0 spiro atoms. The highest BCUT2D eigenvalue weighted by Gasteiger charge is 2.08. The van der Waals surface area contributed by atoms with Crippen LogP contribution in [0.15, 0.2) is 24.3 Å². The SMILES string of the molecule is CCCc1ccccc1Nc1nc(NCCO)nc(NCCO)n1. The van der Waals surface area contributed by atoms with Gasteiger partial charge >= 0.3 is 0 Å². The third kappa shape index (κ3) is 5.32. The molecule has 1 aromatic heterocycles. The number of nitrogens with zero attached hydrogens (tertiary/aromatic N) is 3. The van der Waals surface area contributed by atoms with Crippen LogP contribution in [0.3, 0.4) is 0 Å². The number of hydrogen-bond acceptors (Lipinski definition) is 8. The number of anilines is 4. The summed E-state index contributed by atoms with van der Waals surface area (Å²) in [5.41, 5.74) is 2.14. The molecule has 0 aliphatic carbocycles. The van der Waals surface area contributed by atoms with E-state index in [2.05, 4.69) is 43.9 Å². The summed E-state index contributed by atoms with van der Waals surface area (Å²) in [7, 11) is 0. The molecule has 130 valence electrons. The molecule has 0 radical (unpaired) electrons. The van der Waals surface area contributed by atoms with Crippen molar-refractivity contribution in [2.45, 2.75) is 19.8 Å². The van der Waals surface area contributed by atoms with Gasteiger partial charge < -0.3 is 26.2 Å². The molecule has 2 rings (SSSR count). The van der Waals surface area contributed by atoms with Gasteiger partial charge in [0.05, 0.1) is 13.2 Å². The van der Waals surface area contributed by atoms with Crippen LogP contribution in [0.4, 0.5) is 23.5 Å². The molecule has 2 aromatic rings. The van der Waals surface area contributed by atoms with Crippen LogP contribution in [0.25, 0.3) is 0 Å². The average Bonchev–Trinajstić information content (AvgIpc) is 2.60. The van der Waals surface area contributed by atoms with E-state index in [0.29, 0.717) is 30.9 Å². The Morgan fingerprint density at radius 3 is 2.04 bits per heavy atom. The van der Waals surface area contributed by atoms with Crippen molar-refractivity contribution in [1.82, 2.24) is 15.0 Å². The Hall–Kier alpha value is -2.45. The molecule has 1 heterocycles. The van der Waals surface area contributed by atoms with Crippen molar-refractivity contribution in [2.24, 2.45) is 0 Å². The number of para-hydroxylation sites is 1. The first-order chi connectivity index (χ1) is 11.8. The van der Waals surface area contributed by atoms with Gasteiger partial charge in [-0.15, -0.1) is 0 Å². The third-order valence-corrected chi connectivity index (χ3v) is 3.21. The van der Waals surface area contributed by atoms with E-state index in [1.165, 1.54) is 5.56 Å². The Morgan fingerprint density at radius 2 is 1.46 bits per heavy atom. The van der Waals surface area contributed by atoms with Gasteiger partial charge in [0.25, 0.3) is 0 Å². The smallest absolute Gasteiger partial charge is 0.233 e. The quantitative estimate of drug-likeness (QED) is 0.443. The van der Waals surface area contributed by atoms with Crippen molar-refractivity contribution in [3.05, 3.63) is 29.8 Å². The van der Waals surface area contributed by atoms with Gasteiger partial charge in [-0.25, -0.2) is 0 Å². The Bertz CT molecular complexity index is 611. The van der Waals surface area contributed by atoms with Gasteiger partial charge in [-0.2, -0.15) is 15.0 Å². The molecular weight excluding hydrogens is 308 g/mol. The van der Waals surface area contributed by atoms with Crippen LogP contribution in [0.1, 0.15) is 18.9 Å². The van der Waals surface area contributed by atoms with Crippen LogP contribution in [-0.2, 0) is 6.42 Å². The maximum absolute atomic E-state index is 8.94. The number of aryl methyl sites for hydroxylation is 1. The summed E-state index contributed by atoms with van der Waals surface area (Å²) < 4.78 is 0. The van der Waals surface area contributed by atoms with Crippen LogP contribution in [0, 0.1) is 0 Å². The number of rotatable bonds is 10. The highest BCUT2D eigenvalue weighted by atomic mass is 16.3. The lowest BCUT2D eigenvalue weighted by Gasteiger charge is -2.13. The summed E-state index contributed by atoms with van der Waals surface area (Å²) in [6.45, 7) is 2.78. The molecule has 0 saturated carbocycles. The zero-order valence-electron chi connectivity index (χ0n) is 13.8. The first-order valence-electron chi connectivity index (χ1n) is 8.07. The van der Waals surface area contributed by atoms with Crippen molar-refractivity contribution >= 4 is 23.5 Å². The van der Waals surface area contributed by atoms with E-state index in [9.17, 15) is 0 Å². The number of hydrogen-bond donors (Lipinski definition) is 5. The first-order valence-corrected chi connectivity index (χ1v) is 8.07. The van der Waals surface area contributed by atoms with Crippen LogP contribution in [0.2, 0.25) is 0 Å². The average molecular weight is 332 g/mol. The summed E-state index contributed by atoms with van der Waals surface area (Å²) in [5, 5.41) is 26.9. The molecule has 8 heteroatoms. The summed E-state index contributed by atoms with van der Waals surface area (Å²) in [6, 6.07) is 8.02. The van der Waals surface area contributed by atoms with E-state index < -0.39 is 0 Å². The minimum Gasteiger partial charge on any atom is -0.395 e. The molecule has 0 saturated heterocycles. The van der Waals surface area contributed by atoms with Gasteiger partial charge in [0, 0.05) is 18.8 Å². The largest absolute Gasteiger partial charge is 0.395 e. The molecule has 0 aliphatic rings. The van der Waals surface area contributed by atoms with Gasteiger partial charge in [0.1, 0.15) is 0 Å². The van der Waals surface area contributed by atoms with Gasteiger partial charge in [-0.3, -0.25) is 0 Å². The van der Waals surface area contributed by atoms with E-state index >= 15 is 0 Å². The fraction of sp³-hybridized carbons (Fsp3) is 0.438. The Labute approximate surface area is 141 Å². The van der Waals surface area contributed by atoms with Gasteiger partial charge in [-0.05, 0) is 18.1 Å². The lowest BCUT2D eigenvalue weighted by molar-refractivity contribution is 0.310. The molecule has 1 aromatic carbocycles. The lowest BCUT2D eigenvalue weighted by Crippen LogP contribution is -2.15. The zero-order chi connectivity index (χ0) is 17.2. The normalized spacial score (nSPS) is 10.5. The number of nitrogens with one attached hydrogen (secondary N) is 3. The van der Waals surface area contributed by atoms with E-state index in [4.69, 9.17) is 10.2 Å². The van der Waals surface area contributed by atoms with Crippen molar-refractivity contribution in [1.29, 1.82) is 0 Å². The van der Waals surface area contributed by atoms with Gasteiger partial charge in [0.2, 0.25) is 17.8 Å². The second-order valence-electron chi connectivity index (χ2n) is 5.14. The number of benzene rings is 1. The topological polar surface area (TPSA) is 115 Å². The second kappa shape index (κ2) is 9.64. The van der Waals surface area contributed by atoms with Crippen molar-refractivity contribution in [3.63, 3.8) is 0 Å². The van der Waals surface area contributed by atoms with E-state index in [0.717, 1.165) is 18.5 Å². The van der Waals surface area contributed by atoms with Gasteiger partial charge in [-0.1, -0.05) is 31.5 Å². The molecular formula is C16H24N6O2. The van der Waals surface area contributed by atoms with Crippen LogP contribution in [0.5, 0.6) is 0 Å².